The Morgan fingerprint density at radius 2 is 1.11 bits per heavy atom. The third kappa shape index (κ3) is 5.01. The van der Waals surface area contributed by atoms with Crippen molar-refractivity contribution in [3.8, 4) is 39.9 Å². The van der Waals surface area contributed by atoms with Crippen LogP contribution in [0.4, 0.5) is 0 Å². The molecule has 0 atom stereocenters. The Kier molecular flexibility index (Phi) is 7.44. The van der Waals surface area contributed by atoms with Gasteiger partial charge in [0.2, 0.25) is 0 Å². The van der Waals surface area contributed by atoms with E-state index >= 15 is 0 Å². The van der Waals surface area contributed by atoms with Crippen LogP contribution in [0.3, 0.4) is 0 Å². The summed E-state index contributed by atoms with van der Waals surface area (Å²) < 4.78 is 2.35. The zero-order valence-electron chi connectivity index (χ0n) is 29.6. The van der Waals surface area contributed by atoms with E-state index in [-0.39, 0.29) is 0 Å². The summed E-state index contributed by atoms with van der Waals surface area (Å²) in [4.78, 5) is 19.6. The lowest BCUT2D eigenvalue weighted by atomic mass is 9.90. The number of aryl methyl sites for hydroxylation is 1. The molecule has 0 fully saturated rings. The fraction of sp³-hybridized carbons (Fsp3) is 0.0204. The van der Waals surface area contributed by atoms with Crippen molar-refractivity contribution in [2.75, 3.05) is 0 Å². The van der Waals surface area contributed by atoms with Gasteiger partial charge in [-0.05, 0) is 75.3 Å². The molecular formula is C49H33N5. The molecule has 0 N–H and O–H groups in total. The van der Waals surface area contributed by atoms with Gasteiger partial charge in [0.25, 0.3) is 0 Å². The molecule has 0 unspecified atom stereocenters. The average molecular weight is 692 g/mol. The van der Waals surface area contributed by atoms with Gasteiger partial charge in [0.05, 0.1) is 22.9 Å². The van der Waals surface area contributed by atoms with Gasteiger partial charge in [-0.15, -0.1) is 0 Å². The Bertz CT molecular complexity index is 3050. The highest BCUT2D eigenvalue weighted by atomic mass is 15.0. The number of fused-ring (bicyclic) bond motifs is 10. The molecule has 0 bridgehead atoms. The van der Waals surface area contributed by atoms with E-state index in [1.54, 1.807) is 0 Å². The molecule has 0 spiro atoms. The molecular weight excluding hydrogens is 659 g/mol. The second-order valence-electron chi connectivity index (χ2n) is 13.6. The molecule has 3 aromatic heterocycles. The van der Waals surface area contributed by atoms with Crippen molar-refractivity contribution in [1.29, 1.82) is 0 Å². The molecule has 0 saturated carbocycles. The van der Waals surface area contributed by atoms with Crippen molar-refractivity contribution in [2.45, 2.75) is 6.92 Å². The van der Waals surface area contributed by atoms with E-state index in [1.165, 1.54) is 48.8 Å². The lowest BCUT2D eigenvalue weighted by molar-refractivity contribution is 1.07. The summed E-state index contributed by atoms with van der Waals surface area (Å²) in [7, 11) is 0. The van der Waals surface area contributed by atoms with E-state index in [2.05, 4.69) is 102 Å². The minimum Gasteiger partial charge on any atom is -0.308 e. The number of allylic oxidation sites excluding steroid dienone is 2. The van der Waals surface area contributed by atoms with Crippen molar-refractivity contribution < 1.29 is 0 Å². The van der Waals surface area contributed by atoms with E-state index < -0.39 is 0 Å². The Hall–Kier alpha value is -7.24. The quantitative estimate of drug-likeness (QED) is 0.129. The van der Waals surface area contributed by atoms with Gasteiger partial charge in [-0.3, -0.25) is 4.98 Å². The standard InChI is InChI=1S/C49H33N5/c1-3-4-19-36-31(2)22-26-42-45(36)46-43(54(42)35-18-13-28-50-30-35)27-25-39-37-20-11-12-21-38(37)41-29-34(23-24-40(41)44(39)46)49-52-47(32-14-7-5-8-15-32)51-48(53-49)33-16-9-6-10-17-33/h3-30H,1H2,2H3/b19-4-. The lowest BCUT2D eigenvalue weighted by Gasteiger charge is -2.14. The average Bonchev–Trinajstić information content (AvgIpc) is 3.58. The van der Waals surface area contributed by atoms with Crippen molar-refractivity contribution in [2.24, 2.45) is 0 Å². The maximum Gasteiger partial charge on any atom is 0.164 e. The fourth-order valence-electron chi connectivity index (χ4n) is 7.98. The van der Waals surface area contributed by atoms with Gasteiger partial charge >= 0.3 is 0 Å². The minimum absolute atomic E-state index is 0.632. The van der Waals surface area contributed by atoms with Gasteiger partial charge in [-0.1, -0.05) is 134 Å². The van der Waals surface area contributed by atoms with Crippen LogP contribution in [0.5, 0.6) is 0 Å². The molecule has 254 valence electrons. The molecule has 7 aromatic carbocycles. The van der Waals surface area contributed by atoms with E-state index in [9.17, 15) is 0 Å². The zero-order valence-corrected chi connectivity index (χ0v) is 29.6. The summed E-state index contributed by atoms with van der Waals surface area (Å²) in [5, 5.41) is 9.53. The molecule has 0 saturated heterocycles. The van der Waals surface area contributed by atoms with Crippen LogP contribution in [0.2, 0.25) is 0 Å². The van der Waals surface area contributed by atoms with Gasteiger partial charge in [-0.2, -0.15) is 0 Å². The Balaban J connectivity index is 1.33. The van der Waals surface area contributed by atoms with Crippen LogP contribution < -0.4 is 0 Å². The molecule has 5 heteroatoms. The third-order valence-electron chi connectivity index (χ3n) is 10.4. The van der Waals surface area contributed by atoms with Crippen LogP contribution in [0.1, 0.15) is 11.1 Å². The zero-order chi connectivity index (χ0) is 36.2. The third-order valence-corrected chi connectivity index (χ3v) is 10.4. The highest BCUT2D eigenvalue weighted by Gasteiger charge is 2.22. The number of aromatic nitrogens is 5. The Morgan fingerprint density at radius 1 is 0.519 bits per heavy atom. The highest BCUT2D eigenvalue weighted by molar-refractivity contribution is 6.36. The second-order valence-corrected chi connectivity index (χ2v) is 13.6. The van der Waals surface area contributed by atoms with Crippen molar-refractivity contribution in [3.05, 3.63) is 182 Å². The monoisotopic (exact) mass is 691 g/mol. The van der Waals surface area contributed by atoms with Crippen molar-refractivity contribution in [1.82, 2.24) is 24.5 Å². The van der Waals surface area contributed by atoms with Crippen molar-refractivity contribution >= 4 is 60.2 Å². The smallest absolute Gasteiger partial charge is 0.164 e. The van der Waals surface area contributed by atoms with E-state index in [1.807, 2.05) is 91.3 Å². The van der Waals surface area contributed by atoms with E-state index in [0.29, 0.717) is 17.5 Å². The molecule has 10 rings (SSSR count). The topological polar surface area (TPSA) is 56.5 Å². The van der Waals surface area contributed by atoms with E-state index in [0.717, 1.165) is 38.8 Å². The Morgan fingerprint density at radius 3 is 1.78 bits per heavy atom. The van der Waals surface area contributed by atoms with Crippen LogP contribution in [-0.4, -0.2) is 24.5 Å². The number of benzene rings is 7. The lowest BCUT2D eigenvalue weighted by Crippen LogP contribution is -2.00. The van der Waals surface area contributed by atoms with Gasteiger partial charge in [0.1, 0.15) is 0 Å². The summed E-state index contributed by atoms with van der Waals surface area (Å²) >= 11 is 0. The first kappa shape index (κ1) is 31.5. The number of rotatable bonds is 6. The molecule has 0 aliphatic carbocycles. The SMILES string of the molecule is C=C/C=C\c1c(C)ccc2c1c1c3c(ccc1n2-c1cccnc1)c1ccccc1c1cc(-c2nc(-c4ccccc4)nc(-c4ccccc4)n2)ccc13. The molecule has 54 heavy (non-hydrogen) atoms. The van der Waals surface area contributed by atoms with Gasteiger partial charge in [-0.25, -0.2) is 15.0 Å². The maximum absolute atomic E-state index is 5.08. The van der Waals surface area contributed by atoms with E-state index in [4.69, 9.17) is 15.0 Å². The minimum atomic E-state index is 0.632. The fourth-order valence-corrected chi connectivity index (χ4v) is 7.98. The molecule has 5 nitrogen and oxygen atoms in total. The molecule has 0 amide bonds. The highest BCUT2D eigenvalue weighted by Crippen LogP contribution is 2.45. The van der Waals surface area contributed by atoms with Crippen molar-refractivity contribution in [3.63, 3.8) is 0 Å². The summed E-state index contributed by atoms with van der Waals surface area (Å²) in [6.45, 7) is 6.17. The number of hydrogen-bond acceptors (Lipinski definition) is 4. The van der Waals surface area contributed by atoms with Crippen LogP contribution in [0.25, 0.3) is 100 Å². The van der Waals surface area contributed by atoms with Crippen LogP contribution in [0.15, 0.2) is 171 Å². The van der Waals surface area contributed by atoms with Gasteiger partial charge in [0.15, 0.2) is 17.5 Å². The first-order chi connectivity index (χ1) is 26.7. The second kappa shape index (κ2) is 12.8. The molecule has 3 heterocycles. The molecule has 0 radical (unpaired) electrons. The predicted octanol–water partition coefficient (Wildman–Crippen LogP) is 12.3. The number of hydrogen-bond donors (Lipinski definition) is 0. The number of pyridine rings is 1. The Labute approximate surface area is 312 Å². The van der Waals surface area contributed by atoms with Gasteiger partial charge in [0, 0.05) is 39.0 Å². The first-order valence-electron chi connectivity index (χ1n) is 18.1. The summed E-state index contributed by atoms with van der Waals surface area (Å²) in [5.41, 5.74) is 8.47. The van der Waals surface area contributed by atoms with Crippen LogP contribution >= 0.6 is 0 Å². The molecule has 10 aromatic rings. The summed E-state index contributed by atoms with van der Waals surface area (Å²) in [6.07, 6.45) is 9.82. The molecule has 0 aliphatic heterocycles. The largest absolute Gasteiger partial charge is 0.308 e. The summed E-state index contributed by atoms with van der Waals surface area (Å²) in [6, 6.07) is 48.8. The van der Waals surface area contributed by atoms with Crippen LogP contribution in [0, 0.1) is 6.92 Å². The normalized spacial score (nSPS) is 11.8. The summed E-state index contributed by atoms with van der Waals surface area (Å²) in [5.74, 6) is 1.92. The number of nitrogens with zero attached hydrogens (tertiary/aromatic N) is 5. The predicted molar refractivity (Wildman–Crippen MR) is 225 cm³/mol. The first-order valence-corrected chi connectivity index (χ1v) is 18.1. The van der Waals surface area contributed by atoms with Crippen LogP contribution in [-0.2, 0) is 0 Å². The molecule has 0 aliphatic rings. The maximum atomic E-state index is 5.08. The van der Waals surface area contributed by atoms with Gasteiger partial charge < -0.3 is 4.57 Å².